The lowest BCUT2D eigenvalue weighted by Crippen LogP contribution is -2.23. The molecule has 0 aliphatic rings. The number of hydrogen-bond acceptors (Lipinski definition) is 4. The molecule has 1 atom stereocenters. The van der Waals surface area contributed by atoms with Crippen LogP contribution in [0.25, 0.3) is 0 Å². The van der Waals surface area contributed by atoms with E-state index < -0.39 is 6.04 Å². The van der Waals surface area contributed by atoms with Crippen molar-refractivity contribution in [2.75, 3.05) is 11.9 Å². The highest BCUT2D eigenvalue weighted by atomic mass is 79.9. The predicted molar refractivity (Wildman–Crippen MR) is 85.2 cm³/mol. The Kier molecular flexibility index (Phi) is 5.22. The van der Waals surface area contributed by atoms with Crippen LogP contribution in [0.5, 0.6) is 5.75 Å². The normalized spacial score (nSPS) is 11.7. The Morgan fingerprint density at radius 3 is 2.52 bits per heavy atom. The number of nitrogens with one attached hydrogen (secondary N) is 1. The van der Waals surface area contributed by atoms with Crippen LogP contribution in [0.15, 0.2) is 53.0 Å². The molecule has 2 aromatic carbocycles. The summed E-state index contributed by atoms with van der Waals surface area (Å²) < 4.78 is 5.98. The van der Waals surface area contributed by atoms with Crippen LogP contribution in [-0.4, -0.2) is 17.7 Å². The molecule has 21 heavy (non-hydrogen) atoms. The van der Waals surface area contributed by atoms with E-state index in [1.54, 1.807) is 31.2 Å². The van der Waals surface area contributed by atoms with Crippen LogP contribution in [0.1, 0.15) is 18.5 Å². The highest BCUT2D eigenvalue weighted by molar-refractivity contribution is 9.10. The van der Waals surface area contributed by atoms with Gasteiger partial charge in [0, 0.05) is 10.2 Å². The molecule has 2 rings (SSSR count). The third kappa shape index (κ3) is 3.98. The highest BCUT2D eigenvalue weighted by Gasteiger charge is 2.22. The fourth-order valence-electron chi connectivity index (χ4n) is 1.90. The number of ether oxygens (including phenoxy) is 1. The third-order valence-electron chi connectivity index (χ3n) is 2.92. The Balaban J connectivity index is 2.30. The molecule has 5 heteroatoms. The van der Waals surface area contributed by atoms with Crippen molar-refractivity contribution in [3.63, 3.8) is 0 Å². The zero-order valence-corrected chi connectivity index (χ0v) is 13.1. The van der Waals surface area contributed by atoms with Crippen LogP contribution >= 0.6 is 15.9 Å². The molecular weight excluding hydrogens is 334 g/mol. The molecule has 0 bridgehead atoms. The number of anilines is 1. The van der Waals surface area contributed by atoms with Crippen molar-refractivity contribution in [1.82, 2.24) is 0 Å². The summed E-state index contributed by atoms with van der Waals surface area (Å²) in [6.07, 6.45) is 0. The molecule has 4 nitrogen and oxygen atoms in total. The molecule has 2 N–H and O–H groups in total. The van der Waals surface area contributed by atoms with E-state index in [0.29, 0.717) is 6.61 Å². The number of carbonyl (C=O) groups is 1. The average molecular weight is 350 g/mol. The minimum atomic E-state index is -0.635. The Bertz CT molecular complexity index is 613. The molecule has 0 fully saturated rings. The zero-order chi connectivity index (χ0) is 15.2. The first kappa shape index (κ1) is 15.4. The number of halogens is 1. The number of para-hydroxylation sites is 1. The molecule has 0 amide bonds. The van der Waals surface area contributed by atoms with Crippen LogP contribution in [0.4, 0.5) is 5.69 Å². The van der Waals surface area contributed by atoms with Gasteiger partial charge in [-0.3, -0.25) is 0 Å². The minimum Gasteiger partial charge on any atom is -0.508 e. The Labute approximate surface area is 131 Å². The van der Waals surface area contributed by atoms with Crippen molar-refractivity contribution in [1.29, 1.82) is 0 Å². The Hall–Kier alpha value is -2.01. The van der Waals surface area contributed by atoms with Gasteiger partial charge in [0.15, 0.2) is 6.04 Å². The van der Waals surface area contributed by atoms with Crippen molar-refractivity contribution >= 4 is 27.6 Å². The Morgan fingerprint density at radius 2 is 1.90 bits per heavy atom. The van der Waals surface area contributed by atoms with Gasteiger partial charge in [0.1, 0.15) is 5.75 Å². The zero-order valence-electron chi connectivity index (χ0n) is 11.5. The van der Waals surface area contributed by atoms with Gasteiger partial charge in [-0.05, 0) is 52.7 Å². The molecule has 0 aliphatic carbocycles. The third-order valence-corrected chi connectivity index (χ3v) is 3.61. The lowest BCUT2D eigenvalue weighted by atomic mass is 10.1. The smallest absolute Gasteiger partial charge is 0.333 e. The van der Waals surface area contributed by atoms with Gasteiger partial charge in [-0.25, -0.2) is 4.79 Å². The fourth-order valence-corrected chi connectivity index (χ4v) is 2.30. The fraction of sp³-hybridized carbons (Fsp3) is 0.188. The highest BCUT2D eigenvalue weighted by Crippen LogP contribution is 2.27. The van der Waals surface area contributed by atoms with Crippen molar-refractivity contribution in [2.24, 2.45) is 0 Å². The number of esters is 1. The van der Waals surface area contributed by atoms with Gasteiger partial charge in [0.2, 0.25) is 0 Å². The van der Waals surface area contributed by atoms with E-state index in [4.69, 9.17) is 4.74 Å². The van der Waals surface area contributed by atoms with E-state index in [-0.39, 0.29) is 11.7 Å². The summed E-state index contributed by atoms with van der Waals surface area (Å²) in [5.41, 5.74) is 1.52. The second kappa shape index (κ2) is 7.13. The van der Waals surface area contributed by atoms with E-state index in [2.05, 4.69) is 21.2 Å². The van der Waals surface area contributed by atoms with Crippen LogP contribution in [0.3, 0.4) is 0 Å². The number of phenolic OH excluding ortho intramolecular Hbond substituents is 1. The molecule has 110 valence electrons. The van der Waals surface area contributed by atoms with Crippen LogP contribution < -0.4 is 5.32 Å². The summed E-state index contributed by atoms with van der Waals surface area (Å²) in [6.45, 7) is 2.08. The quantitative estimate of drug-likeness (QED) is 0.804. The number of carbonyl (C=O) groups excluding carboxylic acids is 1. The maximum atomic E-state index is 12.2. The molecule has 0 aliphatic heterocycles. The predicted octanol–water partition coefficient (Wildman–Crippen LogP) is 3.87. The number of benzene rings is 2. The van der Waals surface area contributed by atoms with E-state index in [0.717, 1.165) is 15.7 Å². The molecule has 1 unspecified atom stereocenters. The second-order valence-corrected chi connectivity index (χ2v) is 5.26. The minimum absolute atomic E-state index is 0.155. The lowest BCUT2D eigenvalue weighted by Gasteiger charge is -2.19. The lowest BCUT2D eigenvalue weighted by molar-refractivity contribution is -0.144. The van der Waals surface area contributed by atoms with Gasteiger partial charge in [-0.1, -0.05) is 24.3 Å². The van der Waals surface area contributed by atoms with E-state index in [1.807, 2.05) is 24.3 Å². The van der Waals surface area contributed by atoms with Crippen molar-refractivity contribution in [3.05, 3.63) is 58.6 Å². The second-order valence-electron chi connectivity index (χ2n) is 4.40. The molecule has 0 heterocycles. The average Bonchev–Trinajstić information content (AvgIpc) is 2.48. The molecule has 0 saturated heterocycles. The first-order valence-corrected chi connectivity index (χ1v) is 7.37. The van der Waals surface area contributed by atoms with Crippen molar-refractivity contribution in [2.45, 2.75) is 13.0 Å². The molecule has 0 saturated carbocycles. The molecule has 0 spiro atoms. The molecule has 0 aromatic heterocycles. The van der Waals surface area contributed by atoms with E-state index in [1.165, 1.54) is 0 Å². The molecule has 0 radical (unpaired) electrons. The van der Waals surface area contributed by atoms with E-state index in [9.17, 15) is 9.90 Å². The summed E-state index contributed by atoms with van der Waals surface area (Å²) in [7, 11) is 0. The van der Waals surface area contributed by atoms with Gasteiger partial charge in [-0.2, -0.15) is 0 Å². The van der Waals surface area contributed by atoms with Crippen LogP contribution in [0.2, 0.25) is 0 Å². The maximum absolute atomic E-state index is 12.2. The largest absolute Gasteiger partial charge is 0.508 e. The maximum Gasteiger partial charge on any atom is 0.333 e. The van der Waals surface area contributed by atoms with Gasteiger partial charge >= 0.3 is 5.97 Å². The first-order valence-electron chi connectivity index (χ1n) is 6.58. The number of phenols is 1. The summed E-state index contributed by atoms with van der Waals surface area (Å²) in [5.74, 6) is -0.207. The van der Waals surface area contributed by atoms with Crippen molar-refractivity contribution in [3.8, 4) is 5.75 Å². The topological polar surface area (TPSA) is 58.6 Å². The SMILES string of the molecule is CCOC(=O)C(Nc1ccccc1Br)c1ccc(O)cc1. The monoisotopic (exact) mass is 349 g/mol. The van der Waals surface area contributed by atoms with Gasteiger partial charge in [0.25, 0.3) is 0 Å². The summed E-state index contributed by atoms with van der Waals surface area (Å²) in [5, 5.41) is 12.5. The van der Waals surface area contributed by atoms with E-state index >= 15 is 0 Å². The molecule has 2 aromatic rings. The Morgan fingerprint density at radius 1 is 1.24 bits per heavy atom. The number of hydrogen-bond donors (Lipinski definition) is 2. The first-order chi connectivity index (χ1) is 10.1. The van der Waals surface area contributed by atoms with Crippen LogP contribution in [0, 0.1) is 0 Å². The van der Waals surface area contributed by atoms with Crippen LogP contribution in [-0.2, 0) is 9.53 Å². The summed E-state index contributed by atoms with van der Waals surface area (Å²) >= 11 is 3.44. The molecular formula is C16H16BrNO3. The number of aromatic hydroxyl groups is 1. The van der Waals surface area contributed by atoms with Gasteiger partial charge < -0.3 is 15.2 Å². The van der Waals surface area contributed by atoms with Gasteiger partial charge in [-0.15, -0.1) is 0 Å². The summed E-state index contributed by atoms with van der Waals surface area (Å²) in [4.78, 5) is 12.2. The summed E-state index contributed by atoms with van der Waals surface area (Å²) in [6, 6.07) is 13.4. The standard InChI is InChI=1S/C16H16BrNO3/c1-2-21-16(20)15(11-7-9-12(19)10-8-11)18-14-6-4-3-5-13(14)17/h3-10,15,18-19H,2H2,1H3. The number of rotatable bonds is 5. The van der Waals surface area contributed by atoms with Gasteiger partial charge in [0.05, 0.1) is 6.61 Å². The van der Waals surface area contributed by atoms with Crippen molar-refractivity contribution < 1.29 is 14.6 Å².